The van der Waals surface area contributed by atoms with Crippen LogP contribution in [0.4, 0.5) is 0 Å². The van der Waals surface area contributed by atoms with Crippen LogP contribution in [0.25, 0.3) is 34.2 Å². The van der Waals surface area contributed by atoms with E-state index in [1.165, 1.54) is 49.3 Å². The SMILES string of the molecule is CC1(C)C=c2[nH]c3cc4c(cc3c2C(c2ccccc2)C1)-c1ccccc1C=4. The molecule has 0 saturated heterocycles. The highest BCUT2D eigenvalue weighted by atomic mass is 14.7. The Hall–Kier alpha value is -3.06. The number of rotatable bonds is 1. The van der Waals surface area contributed by atoms with E-state index in [1.807, 2.05) is 0 Å². The lowest BCUT2D eigenvalue weighted by Gasteiger charge is -2.31. The standard InChI is InChI=1S/C27H23N/c1-27(2)15-23(17-8-4-3-5-9-17)26-22-14-21-19(13-24(22)28-25(26)16-27)12-18-10-6-7-11-20(18)21/h3-14,16,23,28H,15H2,1-2H3. The highest BCUT2D eigenvalue weighted by molar-refractivity contribution is 5.94. The summed E-state index contributed by atoms with van der Waals surface area (Å²) in [5.74, 6) is 0.420. The molecule has 3 aromatic carbocycles. The second-order valence-electron chi connectivity index (χ2n) is 8.97. The molecule has 1 aromatic heterocycles. The van der Waals surface area contributed by atoms with Gasteiger partial charge < -0.3 is 4.98 Å². The van der Waals surface area contributed by atoms with E-state index >= 15 is 0 Å². The minimum absolute atomic E-state index is 0.176. The predicted molar refractivity (Wildman–Crippen MR) is 118 cm³/mol. The highest BCUT2D eigenvalue weighted by Gasteiger charge is 2.31. The Morgan fingerprint density at radius 1 is 0.893 bits per heavy atom. The molecule has 1 heteroatoms. The zero-order chi connectivity index (χ0) is 18.9. The smallest absolute Gasteiger partial charge is 0.0468 e. The first-order valence-corrected chi connectivity index (χ1v) is 10.1. The van der Waals surface area contributed by atoms with Crippen molar-refractivity contribution in [3.05, 3.63) is 94.0 Å². The second kappa shape index (κ2) is 5.48. The van der Waals surface area contributed by atoms with Crippen LogP contribution < -0.4 is 10.6 Å². The average Bonchev–Trinajstić information content (AvgIpc) is 3.22. The molecule has 0 radical (unpaired) electrons. The van der Waals surface area contributed by atoms with E-state index < -0.39 is 0 Å². The Morgan fingerprint density at radius 2 is 1.68 bits per heavy atom. The molecule has 1 heterocycles. The van der Waals surface area contributed by atoms with Gasteiger partial charge in [-0.05, 0) is 63.1 Å². The molecule has 0 amide bonds. The van der Waals surface area contributed by atoms with E-state index in [2.05, 4.69) is 97.7 Å². The molecule has 136 valence electrons. The van der Waals surface area contributed by atoms with Gasteiger partial charge in [0, 0.05) is 22.2 Å². The summed E-state index contributed by atoms with van der Waals surface area (Å²) in [7, 11) is 0. The molecule has 1 atom stereocenters. The fraction of sp³-hybridized carbons (Fsp3) is 0.185. The van der Waals surface area contributed by atoms with Gasteiger partial charge in [0.15, 0.2) is 0 Å². The van der Waals surface area contributed by atoms with Gasteiger partial charge in [0.2, 0.25) is 0 Å². The van der Waals surface area contributed by atoms with Gasteiger partial charge in [0.1, 0.15) is 0 Å². The summed E-state index contributed by atoms with van der Waals surface area (Å²) in [5.41, 5.74) is 8.35. The van der Waals surface area contributed by atoms with Crippen LogP contribution in [0, 0.1) is 5.41 Å². The molecule has 1 N–H and O–H groups in total. The van der Waals surface area contributed by atoms with Crippen LogP contribution in [0.1, 0.15) is 42.9 Å². The van der Waals surface area contributed by atoms with Crippen LogP contribution in [0.15, 0.2) is 66.7 Å². The fourth-order valence-corrected chi connectivity index (χ4v) is 5.23. The zero-order valence-electron chi connectivity index (χ0n) is 16.3. The molecular formula is C27H23N. The molecule has 2 aliphatic carbocycles. The van der Waals surface area contributed by atoms with Crippen molar-refractivity contribution in [3.63, 3.8) is 0 Å². The summed E-state index contributed by atoms with van der Waals surface area (Å²) in [6, 6.07) is 24.5. The third-order valence-electron chi connectivity index (χ3n) is 6.42. The van der Waals surface area contributed by atoms with Crippen molar-refractivity contribution < 1.29 is 0 Å². The summed E-state index contributed by atoms with van der Waals surface area (Å²) in [6.07, 6.45) is 5.88. The van der Waals surface area contributed by atoms with Gasteiger partial charge in [-0.25, -0.2) is 0 Å². The van der Waals surface area contributed by atoms with Crippen molar-refractivity contribution >= 4 is 23.1 Å². The molecule has 0 fully saturated rings. The molecule has 0 spiro atoms. The Kier molecular flexibility index (Phi) is 3.12. The van der Waals surface area contributed by atoms with E-state index in [4.69, 9.17) is 0 Å². The molecular weight excluding hydrogens is 338 g/mol. The van der Waals surface area contributed by atoms with Crippen molar-refractivity contribution in [2.75, 3.05) is 0 Å². The van der Waals surface area contributed by atoms with Crippen LogP contribution in [-0.4, -0.2) is 4.98 Å². The van der Waals surface area contributed by atoms with Crippen molar-refractivity contribution in [1.82, 2.24) is 4.98 Å². The molecule has 0 bridgehead atoms. The maximum atomic E-state index is 3.75. The number of aromatic amines is 1. The van der Waals surface area contributed by atoms with Crippen LogP contribution in [0.2, 0.25) is 0 Å². The topological polar surface area (TPSA) is 15.8 Å². The molecule has 0 aliphatic heterocycles. The van der Waals surface area contributed by atoms with Gasteiger partial charge in [-0.15, -0.1) is 0 Å². The lowest BCUT2D eigenvalue weighted by Crippen LogP contribution is -2.27. The van der Waals surface area contributed by atoms with E-state index in [9.17, 15) is 0 Å². The maximum Gasteiger partial charge on any atom is 0.0468 e. The number of hydrogen-bond donors (Lipinski definition) is 1. The molecule has 28 heavy (non-hydrogen) atoms. The first-order valence-electron chi connectivity index (χ1n) is 10.1. The largest absolute Gasteiger partial charge is 0.355 e. The first-order chi connectivity index (χ1) is 13.6. The third kappa shape index (κ3) is 2.26. The van der Waals surface area contributed by atoms with Crippen molar-refractivity contribution in [1.29, 1.82) is 0 Å². The minimum Gasteiger partial charge on any atom is -0.355 e. The van der Waals surface area contributed by atoms with Crippen molar-refractivity contribution in [3.8, 4) is 11.1 Å². The highest BCUT2D eigenvalue weighted by Crippen LogP contribution is 2.42. The fourth-order valence-electron chi connectivity index (χ4n) is 5.23. The van der Waals surface area contributed by atoms with E-state index in [0.717, 1.165) is 6.42 Å². The summed E-state index contributed by atoms with van der Waals surface area (Å²) < 4.78 is 0. The first kappa shape index (κ1) is 15.9. The lowest BCUT2D eigenvalue weighted by molar-refractivity contribution is 0.428. The van der Waals surface area contributed by atoms with E-state index in [0.29, 0.717) is 5.92 Å². The van der Waals surface area contributed by atoms with Crippen LogP contribution in [-0.2, 0) is 0 Å². The maximum absolute atomic E-state index is 3.75. The Bertz CT molecular complexity index is 1350. The summed E-state index contributed by atoms with van der Waals surface area (Å²) in [4.78, 5) is 3.75. The summed E-state index contributed by atoms with van der Waals surface area (Å²) in [6.45, 7) is 4.70. The summed E-state index contributed by atoms with van der Waals surface area (Å²) >= 11 is 0. The Balaban J connectivity index is 1.67. The summed E-state index contributed by atoms with van der Waals surface area (Å²) in [5, 5.41) is 4.00. The quantitative estimate of drug-likeness (QED) is 0.416. The second-order valence-corrected chi connectivity index (χ2v) is 8.97. The number of H-pyrrole nitrogens is 1. The van der Waals surface area contributed by atoms with Crippen LogP contribution >= 0.6 is 0 Å². The molecule has 0 saturated carbocycles. The van der Waals surface area contributed by atoms with Gasteiger partial charge in [-0.2, -0.15) is 0 Å². The Morgan fingerprint density at radius 3 is 2.54 bits per heavy atom. The monoisotopic (exact) mass is 361 g/mol. The molecule has 1 nitrogen and oxygen atoms in total. The third-order valence-corrected chi connectivity index (χ3v) is 6.42. The lowest BCUT2D eigenvalue weighted by atomic mass is 9.72. The van der Waals surface area contributed by atoms with Gasteiger partial charge in [-0.3, -0.25) is 0 Å². The molecule has 1 unspecified atom stereocenters. The number of fused-ring (bicyclic) bond motifs is 6. The van der Waals surface area contributed by atoms with Gasteiger partial charge >= 0.3 is 0 Å². The van der Waals surface area contributed by atoms with Gasteiger partial charge in [-0.1, -0.05) is 74.5 Å². The predicted octanol–water partition coefficient (Wildman–Crippen LogP) is 5.32. The van der Waals surface area contributed by atoms with Gasteiger partial charge in [0.25, 0.3) is 0 Å². The molecule has 2 aliphatic rings. The number of benzene rings is 3. The zero-order valence-corrected chi connectivity index (χ0v) is 16.3. The van der Waals surface area contributed by atoms with Crippen molar-refractivity contribution in [2.24, 2.45) is 5.41 Å². The Labute approximate surface area is 165 Å². The van der Waals surface area contributed by atoms with Gasteiger partial charge in [0.05, 0.1) is 0 Å². The van der Waals surface area contributed by atoms with Crippen LogP contribution in [0.5, 0.6) is 0 Å². The molecule has 4 aromatic rings. The minimum atomic E-state index is 0.176. The number of hydrogen-bond acceptors (Lipinski definition) is 0. The van der Waals surface area contributed by atoms with Crippen molar-refractivity contribution in [2.45, 2.75) is 26.2 Å². The average molecular weight is 361 g/mol. The number of aromatic nitrogens is 1. The van der Waals surface area contributed by atoms with E-state index in [-0.39, 0.29) is 5.41 Å². The van der Waals surface area contributed by atoms with E-state index in [1.54, 1.807) is 0 Å². The normalized spacial score (nSPS) is 18.7. The number of nitrogens with one attached hydrogen (secondary N) is 1. The molecule has 6 rings (SSSR count). The van der Waals surface area contributed by atoms with Crippen LogP contribution in [0.3, 0.4) is 0 Å².